The van der Waals surface area contributed by atoms with Gasteiger partial charge < -0.3 is 10.4 Å². The van der Waals surface area contributed by atoms with Gasteiger partial charge in [-0.2, -0.15) is 0 Å². The Morgan fingerprint density at radius 3 is 2.14 bits per heavy atom. The van der Waals surface area contributed by atoms with Gasteiger partial charge in [-0.05, 0) is 74.0 Å². The Labute approximate surface area is 128 Å². The van der Waals surface area contributed by atoms with Gasteiger partial charge in [0.1, 0.15) is 0 Å². The normalized spacial score (nSPS) is 38.8. The molecule has 0 saturated heterocycles. The molecule has 4 fully saturated rings. The smallest absolute Gasteiger partial charge is 0.220 e. The van der Waals surface area contributed by atoms with Crippen LogP contribution >= 0.6 is 0 Å². The van der Waals surface area contributed by atoms with Crippen LogP contribution in [0.4, 0.5) is 0 Å². The molecule has 4 rings (SSSR count). The maximum Gasteiger partial charge on any atom is 0.220 e. The zero-order valence-electron chi connectivity index (χ0n) is 13.6. The van der Waals surface area contributed by atoms with Crippen molar-refractivity contribution in [1.82, 2.24) is 5.32 Å². The zero-order valence-corrected chi connectivity index (χ0v) is 13.6. The number of amides is 1. The highest BCUT2D eigenvalue weighted by Gasteiger charge is 2.51. The number of aliphatic hydroxyl groups is 1. The number of nitrogens with one attached hydrogen (secondary N) is 1. The second-order valence-corrected chi connectivity index (χ2v) is 8.68. The Morgan fingerprint density at radius 2 is 1.67 bits per heavy atom. The van der Waals surface area contributed by atoms with Gasteiger partial charge in [-0.3, -0.25) is 4.79 Å². The maximum atomic E-state index is 12.3. The van der Waals surface area contributed by atoms with Crippen molar-refractivity contribution in [3.63, 3.8) is 0 Å². The minimum absolute atomic E-state index is 0.166. The predicted molar refractivity (Wildman–Crippen MR) is 83.7 cm³/mol. The summed E-state index contributed by atoms with van der Waals surface area (Å²) in [5, 5.41) is 12.9. The molecule has 0 aromatic heterocycles. The Hall–Kier alpha value is -0.570. The van der Waals surface area contributed by atoms with E-state index in [0.717, 1.165) is 24.2 Å². The van der Waals surface area contributed by atoms with Crippen LogP contribution in [0.25, 0.3) is 0 Å². The molecule has 0 aliphatic heterocycles. The molecule has 4 aliphatic rings. The summed E-state index contributed by atoms with van der Waals surface area (Å²) in [6, 6.07) is 0. The second-order valence-electron chi connectivity index (χ2n) is 8.68. The van der Waals surface area contributed by atoms with Crippen LogP contribution in [0.3, 0.4) is 0 Å². The summed E-state index contributed by atoms with van der Waals surface area (Å²) in [6.07, 6.45) is 9.17. The van der Waals surface area contributed by atoms with Crippen LogP contribution in [0.15, 0.2) is 0 Å². The average Bonchev–Trinajstić information content (AvgIpc) is 2.33. The van der Waals surface area contributed by atoms with Gasteiger partial charge in [0.15, 0.2) is 0 Å². The standard InChI is InChI=1S/C18H31NO2/c1-12(2)3-16(20)11-19-17(21)10-18-7-13-4-14(8-18)6-15(5-13)9-18/h12-16,20H,3-11H2,1-2H3,(H,19,21). The average molecular weight is 293 g/mol. The minimum atomic E-state index is -0.398. The van der Waals surface area contributed by atoms with Crippen molar-refractivity contribution in [2.24, 2.45) is 29.1 Å². The van der Waals surface area contributed by atoms with Crippen LogP contribution in [-0.4, -0.2) is 23.7 Å². The molecule has 3 heteroatoms. The number of carbonyl (C=O) groups excluding carboxylic acids is 1. The molecule has 1 amide bonds. The molecule has 1 unspecified atom stereocenters. The second kappa shape index (κ2) is 5.91. The van der Waals surface area contributed by atoms with Crippen molar-refractivity contribution in [1.29, 1.82) is 0 Å². The van der Waals surface area contributed by atoms with E-state index in [1.165, 1.54) is 38.5 Å². The lowest BCUT2D eigenvalue weighted by atomic mass is 9.49. The number of hydrogen-bond donors (Lipinski definition) is 2. The van der Waals surface area contributed by atoms with Gasteiger partial charge in [0.05, 0.1) is 6.10 Å². The molecule has 4 saturated carbocycles. The van der Waals surface area contributed by atoms with Crippen LogP contribution in [-0.2, 0) is 4.79 Å². The first kappa shape index (κ1) is 15.3. The topological polar surface area (TPSA) is 49.3 Å². The fraction of sp³-hybridized carbons (Fsp3) is 0.944. The third kappa shape index (κ3) is 3.61. The summed E-state index contributed by atoms with van der Waals surface area (Å²) < 4.78 is 0. The highest BCUT2D eigenvalue weighted by Crippen LogP contribution is 2.61. The van der Waals surface area contributed by atoms with Crippen molar-refractivity contribution in [3.05, 3.63) is 0 Å². The molecular formula is C18H31NO2. The van der Waals surface area contributed by atoms with E-state index in [1.54, 1.807) is 0 Å². The number of rotatable bonds is 6. The van der Waals surface area contributed by atoms with Crippen LogP contribution < -0.4 is 5.32 Å². The van der Waals surface area contributed by atoms with Gasteiger partial charge in [0.2, 0.25) is 5.91 Å². The molecule has 4 aliphatic carbocycles. The molecule has 120 valence electrons. The SMILES string of the molecule is CC(C)CC(O)CNC(=O)CC12CC3CC(CC(C3)C1)C2. The Kier molecular flexibility index (Phi) is 4.31. The van der Waals surface area contributed by atoms with Gasteiger partial charge >= 0.3 is 0 Å². The fourth-order valence-corrected chi connectivity index (χ4v) is 5.77. The van der Waals surface area contributed by atoms with E-state index < -0.39 is 6.10 Å². The summed E-state index contributed by atoms with van der Waals surface area (Å²) >= 11 is 0. The van der Waals surface area contributed by atoms with Gasteiger partial charge in [-0.1, -0.05) is 13.8 Å². The summed E-state index contributed by atoms with van der Waals surface area (Å²) in [5.74, 6) is 3.33. The molecule has 4 bridgehead atoms. The van der Waals surface area contributed by atoms with Crippen molar-refractivity contribution in [2.75, 3.05) is 6.54 Å². The number of hydrogen-bond acceptors (Lipinski definition) is 2. The molecular weight excluding hydrogens is 262 g/mol. The Morgan fingerprint density at radius 1 is 1.14 bits per heavy atom. The van der Waals surface area contributed by atoms with E-state index in [0.29, 0.717) is 24.3 Å². The molecule has 0 spiro atoms. The quantitative estimate of drug-likeness (QED) is 0.790. The highest BCUT2D eigenvalue weighted by molar-refractivity contribution is 5.76. The summed E-state index contributed by atoms with van der Waals surface area (Å²) in [7, 11) is 0. The third-order valence-corrected chi connectivity index (χ3v) is 5.98. The van der Waals surface area contributed by atoms with Gasteiger partial charge in [-0.15, -0.1) is 0 Å². The van der Waals surface area contributed by atoms with Gasteiger partial charge in [0.25, 0.3) is 0 Å². The third-order valence-electron chi connectivity index (χ3n) is 5.98. The Balaban J connectivity index is 1.49. The van der Waals surface area contributed by atoms with E-state index in [9.17, 15) is 9.90 Å². The van der Waals surface area contributed by atoms with Crippen molar-refractivity contribution < 1.29 is 9.90 Å². The largest absolute Gasteiger partial charge is 0.391 e. The molecule has 0 radical (unpaired) electrons. The maximum absolute atomic E-state index is 12.3. The minimum Gasteiger partial charge on any atom is -0.391 e. The molecule has 3 nitrogen and oxygen atoms in total. The molecule has 21 heavy (non-hydrogen) atoms. The van der Waals surface area contributed by atoms with Crippen molar-refractivity contribution >= 4 is 5.91 Å². The van der Waals surface area contributed by atoms with E-state index in [2.05, 4.69) is 19.2 Å². The van der Waals surface area contributed by atoms with Gasteiger partial charge in [0, 0.05) is 13.0 Å². The van der Waals surface area contributed by atoms with E-state index >= 15 is 0 Å². The van der Waals surface area contributed by atoms with E-state index in [1.807, 2.05) is 0 Å². The number of aliphatic hydroxyl groups excluding tert-OH is 1. The number of carbonyl (C=O) groups is 1. The summed E-state index contributed by atoms with van der Waals surface area (Å²) in [5.41, 5.74) is 0.307. The highest BCUT2D eigenvalue weighted by atomic mass is 16.3. The van der Waals surface area contributed by atoms with Crippen molar-refractivity contribution in [2.45, 2.75) is 71.3 Å². The summed E-state index contributed by atoms with van der Waals surface area (Å²) in [4.78, 5) is 12.3. The van der Waals surface area contributed by atoms with Crippen molar-refractivity contribution in [3.8, 4) is 0 Å². The first-order chi connectivity index (χ1) is 9.94. The lowest BCUT2D eigenvalue weighted by Gasteiger charge is -2.56. The van der Waals surface area contributed by atoms with Crippen LogP contribution in [0, 0.1) is 29.1 Å². The summed E-state index contributed by atoms with van der Waals surface area (Å²) in [6.45, 7) is 4.62. The zero-order chi connectivity index (χ0) is 15.0. The first-order valence-corrected chi connectivity index (χ1v) is 8.89. The van der Waals surface area contributed by atoms with E-state index in [-0.39, 0.29) is 5.91 Å². The lowest BCUT2D eigenvalue weighted by Crippen LogP contribution is -2.48. The Bertz CT molecular complexity index is 355. The predicted octanol–water partition coefficient (Wildman–Crippen LogP) is 3.12. The molecule has 2 N–H and O–H groups in total. The first-order valence-electron chi connectivity index (χ1n) is 8.89. The molecule has 0 heterocycles. The fourth-order valence-electron chi connectivity index (χ4n) is 5.77. The van der Waals surface area contributed by atoms with Crippen LogP contribution in [0.2, 0.25) is 0 Å². The molecule has 0 aromatic carbocycles. The van der Waals surface area contributed by atoms with Crippen LogP contribution in [0.1, 0.15) is 65.2 Å². The molecule has 1 atom stereocenters. The van der Waals surface area contributed by atoms with Crippen LogP contribution in [0.5, 0.6) is 0 Å². The van der Waals surface area contributed by atoms with E-state index in [4.69, 9.17) is 0 Å². The molecule has 0 aromatic rings. The monoisotopic (exact) mass is 293 g/mol. The van der Waals surface area contributed by atoms with Gasteiger partial charge in [-0.25, -0.2) is 0 Å². The lowest BCUT2D eigenvalue weighted by molar-refractivity contribution is -0.129.